The number of halogens is 3. The molecule has 262 valence electrons. The number of aromatic amines is 1. The van der Waals surface area contributed by atoms with Crippen LogP contribution in [0, 0.1) is 10.1 Å². The zero-order valence-corrected chi connectivity index (χ0v) is 31.8. The predicted molar refractivity (Wildman–Crippen MR) is 199 cm³/mol. The first-order valence-corrected chi connectivity index (χ1v) is 18.6. The Bertz CT molecular complexity index is 2410. The molecule has 12 nitrogen and oxygen atoms in total. The molecule has 3 aromatic carbocycles. The molecule has 0 unspecified atom stereocenters. The number of carbonyl (C=O) groups is 1. The Kier molecular flexibility index (Phi) is 11.1. The predicted octanol–water partition coefficient (Wildman–Crippen LogP) is 7.50. The monoisotopic (exact) mass is 828 g/mol. The molecule has 3 heterocycles. The van der Waals surface area contributed by atoms with Gasteiger partial charge in [-0.1, -0.05) is 60.0 Å². The van der Waals surface area contributed by atoms with Crippen LogP contribution in [0.1, 0.15) is 43.9 Å². The molecule has 0 spiro atoms. The molecule has 51 heavy (non-hydrogen) atoms. The molecule has 0 saturated heterocycles. The van der Waals surface area contributed by atoms with E-state index in [4.69, 9.17) is 37.7 Å². The maximum absolute atomic E-state index is 14.2. The standard InChI is InChI=1S/C34H27BrCl2N6O6S2/c1-4-6-23-28(32(45)49-5-2)29(18-8-11-25(48-3)21(35)15-18)42-31(44)27(51-34(42)38-23)14-17-7-12-26(24(13-17)43(46)47)50-33-39-30(40-41-33)20-10-9-19(36)16-22(20)37/h7-16,29H,4-6H2,1-3H3,(H,39,40,41)/b27-14+/t29-/m1/s1. The van der Waals surface area contributed by atoms with Crippen molar-refractivity contribution in [3.8, 4) is 17.1 Å². The van der Waals surface area contributed by atoms with Crippen molar-refractivity contribution in [1.29, 1.82) is 0 Å². The van der Waals surface area contributed by atoms with Gasteiger partial charge in [0.15, 0.2) is 10.6 Å². The second kappa shape index (κ2) is 15.5. The van der Waals surface area contributed by atoms with Gasteiger partial charge in [-0.3, -0.25) is 24.6 Å². The van der Waals surface area contributed by atoms with Crippen LogP contribution in [-0.2, 0) is 9.53 Å². The van der Waals surface area contributed by atoms with Crippen molar-refractivity contribution < 1.29 is 19.2 Å². The number of hydrogen-bond donors (Lipinski definition) is 1. The van der Waals surface area contributed by atoms with Crippen molar-refractivity contribution in [2.45, 2.75) is 42.8 Å². The molecule has 17 heteroatoms. The number of fused-ring (bicyclic) bond motifs is 1. The van der Waals surface area contributed by atoms with E-state index < -0.39 is 22.5 Å². The molecule has 1 aliphatic heterocycles. The van der Waals surface area contributed by atoms with Gasteiger partial charge in [-0.15, -0.1) is 5.10 Å². The van der Waals surface area contributed by atoms with Crippen LogP contribution in [0.5, 0.6) is 5.75 Å². The Labute approximate surface area is 317 Å². The zero-order valence-electron chi connectivity index (χ0n) is 27.1. The molecule has 0 aliphatic carbocycles. The number of hydrogen-bond acceptors (Lipinski definition) is 11. The van der Waals surface area contributed by atoms with E-state index in [1.165, 1.54) is 10.6 Å². The Morgan fingerprint density at radius 3 is 2.67 bits per heavy atom. The van der Waals surface area contributed by atoms with Gasteiger partial charge in [-0.25, -0.2) is 14.8 Å². The number of nitrogens with one attached hydrogen (secondary N) is 1. The Hall–Kier alpha value is -4.28. The summed E-state index contributed by atoms with van der Waals surface area (Å²) in [6, 6.07) is 14.1. The normalized spacial score (nSPS) is 14.3. The van der Waals surface area contributed by atoms with Gasteiger partial charge in [0.05, 0.1) is 54.9 Å². The highest BCUT2D eigenvalue weighted by molar-refractivity contribution is 9.10. The first-order valence-electron chi connectivity index (χ1n) is 15.4. The van der Waals surface area contributed by atoms with Crippen LogP contribution in [0.2, 0.25) is 10.0 Å². The van der Waals surface area contributed by atoms with E-state index in [0.717, 1.165) is 23.1 Å². The summed E-state index contributed by atoms with van der Waals surface area (Å²) in [4.78, 5) is 49.3. The molecule has 1 atom stereocenters. The van der Waals surface area contributed by atoms with Crippen LogP contribution in [0.3, 0.4) is 0 Å². The highest BCUT2D eigenvalue weighted by atomic mass is 79.9. The number of H-pyrrole nitrogens is 1. The largest absolute Gasteiger partial charge is 0.496 e. The molecule has 5 aromatic rings. The second-order valence-electron chi connectivity index (χ2n) is 11.0. The molecule has 6 rings (SSSR count). The summed E-state index contributed by atoms with van der Waals surface area (Å²) in [7, 11) is 1.55. The number of carbonyl (C=O) groups excluding carboxylic acids is 1. The first kappa shape index (κ1) is 36.5. The summed E-state index contributed by atoms with van der Waals surface area (Å²) in [5, 5.41) is 20.3. The number of thiazole rings is 1. The van der Waals surface area contributed by atoms with Crippen molar-refractivity contribution in [2.24, 2.45) is 4.99 Å². The molecular weight excluding hydrogens is 803 g/mol. The molecule has 1 N–H and O–H groups in total. The van der Waals surface area contributed by atoms with E-state index in [9.17, 15) is 19.7 Å². The van der Waals surface area contributed by atoms with E-state index in [1.54, 1.807) is 68.6 Å². The third-order valence-electron chi connectivity index (χ3n) is 7.71. The third kappa shape index (κ3) is 7.53. The molecule has 0 amide bonds. The van der Waals surface area contributed by atoms with E-state index >= 15 is 0 Å². The third-order valence-corrected chi connectivity index (χ3v) is 10.8. The average Bonchev–Trinajstić information content (AvgIpc) is 3.68. The van der Waals surface area contributed by atoms with Crippen molar-refractivity contribution in [1.82, 2.24) is 19.7 Å². The summed E-state index contributed by atoms with van der Waals surface area (Å²) in [6.45, 7) is 3.84. The highest BCUT2D eigenvalue weighted by Gasteiger charge is 2.34. The highest BCUT2D eigenvalue weighted by Crippen LogP contribution is 2.37. The summed E-state index contributed by atoms with van der Waals surface area (Å²) >= 11 is 18.0. The number of nitrogens with zero attached hydrogens (tertiary/aromatic N) is 5. The molecule has 0 fully saturated rings. The van der Waals surface area contributed by atoms with Crippen molar-refractivity contribution in [2.75, 3.05) is 13.7 Å². The smallest absolute Gasteiger partial charge is 0.338 e. The second-order valence-corrected chi connectivity index (χ2v) is 14.7. The minimum Gasteiger partial charge on any atom is -0.496 e. The number of methoxy groups -OCH3 is 1. The number of esters is 1. The number of allylic oxidation sites excluding steroid dienone is 1. The van der Waals surface area contributed by atoms with Gasteiger partial charge in [-0.05, 0) is 94.6 Å². The van der Waals surface area contributed by atoms with Gasteiger partial charge in [0, 0.05) is 16.7 Å². The Balaban J connectivity index is 1.41. The summed E-state index contributed by atoms with van der Waals surface area (Å²) in [5.41, 5.74) is 1.84. The van der Waals surface area contributed by atoms with Gasteiger partial charge in [0.1, 0.15) is 5.75 Å². The molecular formula is C34H27BrCl2N6O6S2. The number of ether oxygens (including phenoxy) is 2. The topological polar surface area (TPSA) is 155 Å². The van der Waals surface area contributed by atoms with Gasteiger partial charge >= 0.3 is 5.97 Å². The molecule has 2 aromatic heterocycles. The fourth-order valence-corrected chi connectivity index (χ4v) is 8.36. The van der Waals surface area contributed by atoms with E-state index in [-0.39, 0.29) is 27.6 Å². The number of aromatic nitrogens is 4. The van der Waals surface area contributed by atoms with Crippen LogP contribution in [0.15, 0.2) is 90.2 Å². The molecule has 0 bridgehead atoms. The zero-order chi connectivity index (χ0) is 36.4. The summed E-state index contributed by atoms with van der Waals surface area (Å²) in [6.07, 6.45) is 2.76. The summed E-state index contributed by atoms with van der Waals surface area (Å²) in [5.74, 6) is 0.399. The number of benzene rings is 3. The van der Waals surface area contributed by atoms with Crippen LogP contribution < -0.4 is 19.6 Å². The lowest BCUT2D eigenvalue weighted by Gasteiger charge is -2.26. The van der Waals surface area contributed by atoms with Crippen molar-refractivity contribution in [3.05, 3.63) is 121 Å². The lowest BCUT2D eigenvalue weighted by atomic mass is 9.94. The fourth-order valence-electron chi connectivity index (χ4n) is 5.49. The number of nitro groups is 1. The van der Waals surface area contributed by atoms with Gasteiger partial charge < -0.3 is 9.47 Å². The van der Waals surface area contributed by atoms with Crippen LogP contribution in [0.25, 0.3) is 17.5 Å². The van der Waals surface area contributed by atoms with Crippen molar-refractivity contribution in [3.63, 3.8) is 0 Å². The van der Waals surface area contributed by atoms with Gasteiger partial charge in [-0.2, -0.15) is 0 Å². The van der Waals surface area contributed by atoms with Crippen molar-refractivity contribution >= 4 is 80.0 Å². The minimum atomic E-state index is -0.840. The SMILES string of the molecule is CCCC1=C(C(=O)OCC)[C@@H](c2ccc(OC)c(Br)c2)n2c(s/c(=C/c3ccc(Sc4n[nH]c(-c5ccc(Cl)cc5Cl)n4)c([N+](=O)[O-])c3)c2=O)=N1. The molecule has 0 radical (unpaired) electrons. The quantitative estimate of drug-likeness (QED) is 0.0810. The molecule has 1 aliphatic rings. The van der Waals surface area contributed by atoms with Crippen LogP contribution in [-0.4, -0.2) is 44.4 Å². The first-order chi connectivity index (χ1) is 24.5. The van der Waals surface area contributed by atoms with E-state index in [1.807, 2.05) is 6.92 Å². The lowest BCUT2D eigenvalue weighted by Crippen LogP contribution is -2.40. The van der Waals surface area contributed by atoms with Gasteiger partial charge in [0.25, 0.3) is 11.2 Å². The lowest BCUT2D eigenvalue weighted by molar-refractivity contribution is -0.387. The van der Waals surface area contributed by atoms with Crippen LogP contribution >= 0.6 is 62.2 Å². The number of rotatable bonds is 11. The maximum Gasteiger partial charge on any atom is 0.338 e. The van der Waals surface area contributed by atoms with E-state index in [0.29, 0.717) is 71.0 Å². The summed E-state index contributed by atoms with van der Waals surface area (Å²) < 4.78 is 13.3. The maximum atomic E-state index is 14.2. The molecule has 0 saturated carbocycles. The van der Waals surface area contributed by atoms with Gasteiger partial charge in [0.2, 0.25) is 5.16 Å². The Morgan fingerprint density at radius 1 is 1.18 bits per heavy atom. The Morgan fingerprint density at radius 2 is 1.98 bits per heavy atom. The minimum absolute atomic E-state index is 0.145. The van der Waals surface area contributed by atoms with Crippen LogP contribution in [0.4, 0.5) is 5.69 Å². The van der Waals surface area contributed by atoms with E-state index in [2.05, 4.69) is 31.1 Å². The number of nitro benzene ring substituents is 1. The average molecular weight is 831 g/mol. The fraction of sp³-hybridized carbons (Fsp3) is 0.206.